The van der Waals surface area contributed by atoms with Crippen molar-refractivity contribution in [3.63, 3.8) is 0 Å². The van der Waals surface area contributed by atoms with E-state index in [9.17, 15) is 4.79 Å². The molecule has 0 amide bonds. The van der Waals surface area contributed by atoms with Gasteiger partial charge in [-0.25, -0.2) is 4.79 Å². The fourth-order valence-corrected chi connectivity index (χ4v) is 0.974. The van der Waals surface area contributed by atoms with Crippen LogP contribution in [0.25, 0.3) is 0 Å². The number of hydrogen-bond acceptors (Lipinski definition) is 3. The van der Waals surface area contributed by atoms with Crippen LogP contribution in [-0.4, -0.2) is 27.3 Å². The van der Waals surface area contributed by atoms with Gasteiger partial charge in [-0.15, -0.1) is 0 Å². The monoisotopic (exact) mass is 181 g/mol. The summed E-state index contributed by atoms with van der Waals surface area (Å²) in [4.78, 5) is 14.3. The number of nitrogens with zero attached hydrogens (tertiary/aromatic N) is 1. The van der Waals surface area contributed by atoms with Crippen LogP contribution in [0.4, 0.5) is 0 Å². The highest BCUT2D eigenvalue weighted by Gasteiger charge is 2.04. The normalized spacial score (nSPS) is 12.5. The first-order valence-corrected chi connectivity index (χ1v) is 3.96. The van der Waals surface area contributed by atoms with Gasteiger partial charge < -0.3 is 10.2 Å². The first kappa shape index (κ1) is 9.67. The molecule has 1 aromatic rings. The second-order valence-corrected chi connectivity index (χ2v) is 2.90. The van der Waals surface area contributed by atoms with Crippen LogP contribution in [0.15, 0.2) is 18.3 Å². The number of hydrogen-bond donors (Lipinski definition) is 2. The molecular weight excluding hydrogens is 170 g/mol. The first-order chi connectivity index (χ1) is 6.09. The molecule has 0 bridgehead atoms. The predicted octanol–water partition coefficient (Wildman–Crippen LogP) is 0.703. The number of aliphatic hydroxyl groups excluding tert-OH is 1. The number of carboxylic acid groups (broad SMARTS) is 1. The minimum atomic E-state index is -0.990. The number of carboxylic acids is 1. The van der Waals surface area contributed by atoms with E-state index in [1.165, 1.54) is 12.3 Å². The van der Waals surface area contributed by atoms with E-state index in [4.69, 9.17) is 10.2 Å². The molecule has 0 aliphatic heterocycles. The molecule has 0 spiro atoms. The van der Waals surface area contributed by atoms with Gasteiger partial charge in [0.05, 0.1) is 11.7 Å². The van der Waals surface area contributed by atoms with Crippen molar-refractivity contribution in [1.29, 1.82) is 0 Å². The minimum Gasteiger partial charge on any atom is -0.478 e. The molecule has 4 heteroatoms. The zero-order valence-corrected chi connectivity index (χ0v) is 7.27. The maximum absolute atomic E-state index is 10.4. The van der Waals surface area contributed by atoms with Crippen molar-refractivity contribution >= 4 is 5.97 Å². The van der Waals surface area contributed by atoms with Gasteiger partial charge in [-0.1, -0.05) is 0 Å². The van der Waals surface area contributed by atoms with E-state index >= 15 is 0 Å². The molecule has 0 aromatic carbocycles. The first-order valence-electron chi connectivity index (χ1n) is 3.96. The van der Waals surface area contributed by atoms with Gasteiger partial charge in [-0.3, -0.25) is 4.98 Å². The van der Waals surface area contributed by atoms with Crippen molar-refractivity contribution < 1.29 is 15.0 Å². The third-order valence-corrected chi connectivity index (χ3v) is 1.58. The van der Waals surface area contributed by atoms with E-state index in [1.807, 2.05) is 0 Å². The lowest BCUT2D eigenvalue weighted by molar-refractivity contribution is 0.0696. The summed E-state index contributed by atoms with van der Waals surface area (Å²) >= 11 is 0. The van der Waals surface area contributed by atoms with Crippen LogP contribution in [0, 0.1) is 0 Å². The average molecular weight is 181 g/mol. The molecule has 0 saturated heterocycles. The Hall–Kier alpha value is -1.42. The zero-order valence-electron chi connectivity index (χ0n) is 7.27. The molecule has 13 heavy (non-hydrogen) atoms. The van der Waals surface area contributed by atoms with Crippen LogP contribution in [0.3, 0.4) is 0 Å². The summed E-state index contributed by atoms with van der Waals surface area (Å²) in [6.07, 6.45) is 1.28. The second-order valence-electron chi connectivity index (χ2n) is 2.90. The van der Waals surface area contributed by atoms with Crippen molar-refractivity contribution in [1.82, 2.24) is 4.98 Å². The van der Waals surface area contributed by atoms with E-state index in [-0.39, 0.29) is 5.56 Å². The molecule has 0 radical (unpaired) electrons. The van der Waals surface area contributed by atoms with Gasteiger partial charge in [-0.05, 0) is 19.1 Å². The topological polar surface area (TPSA) is 70.4 Å². The number of pyridine rings is 1. The lowest BCUT2D eigenvalue weighted by Gasteiger charge is -2.02. The molecule has 0 saturated carbocycles. The smallest absolute Gasteiger partial charge is 0.337 e. The maximum Gasteiger partial charge on any atom is 0.337 e. The van der Waals surface area contributed by atoms with Crippen LogP contribution in [0.5, 0.6) is 0 Å². The molecule has 1 atom stereocenters. The third-order valence-electron chi connectivity index (χ3n) is 1.58. The number of carbonyl (C=O) groups is 1. The summed E-state index contributed by atoms with van der Waals surface area (Å²) in [5, 5.41) is 17.6. The summed E-state index contributed by atoms with van der Waals surface area (Å²) in [5.41, 5.74) is 0.856. The SMILES string of the molecule is CC(O)Cc1ccc(C(=O)O)cn1. The van der Waals surface area contributed by atoms with Crippen LogP contribution in [0.2, 0.25) is 0 Å². The van der Waals surface area contributed by atoms with Gasteiger partial charge in [0.15, 0.2) is 0 Å². The zero-order chi connectivity index (χ0) is 9.84. The summed E-state index contributed by atoms with van der Waals surface area (Å²) in [6, 6.07) is 3.09. The molecule has 1 heterocycles. The Morgan fingerprint density at radius 2 is 2.31 bits per heavy atom. The van der Waals surface area contributed by atoms with E-state index in [0.29, 0.717) is 12.1 Å². The number of aromatic carboxylic acids is 1. The minimum absolute atomic E-state index is 0.161. The van der Waals surface area contributed by atoms with Crippen molar-refractivity contribution in [2.45, 2.75) is 19.4 Å². The molecule has 0 aliphatic rings. The lowest BCUT2D eigenvalue weighted by Crippen LogP contribution is -2.06. The molecule has 4 nitrogen and oxygen atoms in total. The number of rotatable bonds is 3. The Bertz CT molecular complexity index is 292. The molecule has 0 aliphatic carbocycles. The molecule has 0 fully saturated rings. The Balaban J connectivity index is 2.75. The molecule has 2 N–H and O–H groups in total. The molecule has 1 aromatic heterocycles. The van der Waals surface area contributed by atoms with E-state index in [2.05, 4.69) is 4.98 Å². The standard InChI is InChI=1S/C9H11NO3/c1-6(11)4-8-3-2-7(5-10-8)9(12)13/h2-3,5-6,11H,4H2,1H3,(H,12,13). The van der Waals surface area contributed by atoms with E-state index < -0.39 is 12.1 Å². The maximum atomic E-state index is 10.4. The lowest BCUT2D eigenvalue weighted by atomic mass is 10.2. The Kier molecular flexibility index (Phi) is 2.97. The second kappa shape index (κ2) is 4.00. The summed E-state index contributed by atoms with van der Waals surface area (Å²) in [7, 11) is 0. The van der Waals surface area contributed by atoms with Crippen LogP contribution >= 0.6 is 0 Å². The van der Waals surface area contributed by atoms with Crippen molar-refractivity contribution in [3.05, 3.63) is 29.6 Å². The van der Waals surface area contributed by atoms with Gasteiger partial charge >= 0.3 is 5.97 Å². The van der Waals surface area contributed by atoms with Crippen LogP contribution in [-0.2, 0) is 6.42 Å². The Morgan fingerprint density at radius 3 is 2.69 bits per heavy atom. The highest BCUT2D eigenvalue weighted by Crippen LogP contribution is 2.02. The van der Waals surface area contributed by atoms with Gasteiger partial charge in [0.1, 0.15) is 0 Å². The van der Waals surface area contributed by atoms with E-state index in [0.717, 1.165) is 0 Å². The van der Waals surface area contributed by atoms with Crippen LogP contribution < -0.4 is 0 Å². The van der Waals surface area contributed by atoms with Crippen molar-refractivity contribution in [3.8, 4) is 0 Å². The fraction of sp³-hybridized carbons (Fsp3) is 0.333. The van der Waals surface area contributed by atoms with E-state index in [1.54, 1.807) is 13.0 Å². The molecule has 1 unspecified atom stereocenters. The predicted molar refractivity (Wildman–Crippen MR) is 46.6 cm³/mol. The molecule has 70 valence electrons. The van der Waals surface area contributed by atoms with Gasteiger partial charge in [-0.2, -0.15) is 0 Å². The van der Waals surface area contributed by atoms with Gasteiger partial charge in [0, 0.05) is 18.3 Å². The summed E-state index contributed by atoms with van der Waals surface area (Å²) < 4.78 is 0. The summed E-state index contributed by atoms with van der Waals surface area (Å²) in [5.74, 6) is -0.990. The largest absolute Gasteiger partial charge is 0.478 e. The molecule has 1 rings (SSSR count). The van der Waals surface area contributed by atoms with Crippen molar-refractivity contribution in [2.75, 3.05) is 0 Å². The highest BCUT2D eigenvalue weighted by atomic mass is 16.4. The van der Waals surface area contributed by atoms with Gasteiger partial charge in [0.25, 0.3) is 0 Å². The van der Waals surface area contributed by atoms with Gasteiger partial charge in [0.2, 0.25) is 0 Å². The Labute approximate surface area is 75.9 Å². The quantitative estimate of drug-likeness (QED) is 0.720. The van der Waals surface area contributed by atoms with Crippen molar-refractivity contribution in [2.24, 2.45) is 0 Å². The third kappa shape index (κ3) is 2.83. The average Bonchev–Trinajstić information content (AvgIpc) is 2.04. The highest BCUT2D eigenvalue weighted by molar-refractivity contribution is 5.87. The number of aromatic nitrogens is 1. The Morgan fingerprint density at radius 1 is 1.62 bits per heavy atom. The fourth-order valence-electron chi connectivity index (χ4n) is 0.974. The number of aliphatic hydroxyl groups is 1. The summed E-state index contributed by atoms with van der Waals surface area (Å²) in [6.45, 7) is 1.66. The molecular formula is C9H11NO3. The van der Waals surface area contributed by atoms with Crippen LogP contribution in [0.1, 0.15) is 23.0 Å².